The molecular weight excluding hydrogens is 510 g/mol. The molecule has 6 rings (SSSR count). The minimum atomic E-state index is -0.386. The molecule has 200 valence electrons. The normalized spacial score (nSPS) is 13.9. The highest BCUT2D eigenvalue weighted by Crippen LogP contribution is 2.34. The smallest absolute Gasteiger partial charge is 0.293 e. The van der Waals surface area contributed by atoms with Gasteiger partial charge in [-0.05, 0) is 46.7 Å². The Morgan fingerprint density at radius 1 is 0.925 bits per heavy atom. The third-order valence-corrected chi connectivity index (χ3v) is 7.19. The van der Waals surface area contributed by atoms with Crippen molar-refractivity contribution in [2.45, 2.75) is 6.54 Å². The first kappa shape index (κ1) is 25.2. The molecule has 10 heteroatoms. The van der Waals surface area contributed by atoms with E-state index in [0.717, 1.165) is 21.9 Å². The highest BCUT2D eigenvalue weighted by atomic mass is 16.6. The van der Waals surface area contributed by atoms with E-state index in [1.54, 1.807) is 24.3 Å². The SMILES string of the molecule is O=Cc1cc(CN2CCN(c3ccc(-c4nc(-c5ccc6ccccc6c5)no4)cc3[N+](=O)[O-])CC2)ccc1O. The Bertz CT molecular complexity index is 1730. The van der Waals surface area contributed by atoms with Crippen LogP contribution in [0.25, 0.3) is 33.6 Å². The molecule has 0 radical (unpaired) electrons. The first-order valence-electron chi connectivity index (χ1n) is 12.8. The maximum Gasteiger partial charge on any atom is 0.293 e. The number of piperazine rings is 1. The van der Waals surface area contributed by atoms with Crippen LogP contribution >= 0.6 is 0 Å². The van der Waals surface area contributed by atoms with E-state index < -0.39 is 0 Å². The zero-order valence-corrected chi connectivity index (χ0v) is 21.4. The maximum atomic E-state index is 12.0. The van der Waals surface area contributed by atoms with Gasteiger partial charge in [0.05, 0.1) is 10.5 Å². The minimum absolute atomic E-state index is 0.0226. The van der Waals surface area contributed by atoms with Crippen molar-refractivity contribution >= 4 is 28.4 Å². The Kier molecular flexibility index (Phi) is 6.67. The largest absolute Gasteiger partial charge is 0.507 e. The van der Waals surface area contributed by atoms with Crippen LogP contribution in [0, 0.1) is 10.1 Å². The van der Waals surface area contributed by atoms with E-state index in [2.05, 4.69) is 15.0 Å². The molecule has 0 spiro atoms. The number of phenols is 1. The van der Waals surface area contributed by atoms with Crippen LogP contribution in [0.5, 0.6) is 5.75 Å². The predicted octanol–water partition coefficient (Wildman–Crippen LogP) is 5.31. The molecule has 0 atom stereocenters. The monoisotopic (exact) mass is 535 g/mol. The van der Waals surface area contributed by atoms with Gasteiger partial charge >= 0.3 is 0 Å². The summed E-state index contributed by atoms with van der Waals surface area (Å²) >= 11 is 0. The summed E-state index contributed by atoms with van der Waals surface area (Å²) in [7, 11) is 0. The first-order chi connectivity index (χ1) is 19.5. The van der Waals surface area contributed by atoms with Crippen molar-refractivity contribution in [2.75, 3.05) is 31.1 Å². The molecule has 5 aromatic rings. The molecule has 0 aliphatic carbocycles. The second-order valence-corrected chi connectivity index (χ2v) is 9.72. The molecule has 10 nitrogen and oxygen atoms in total. The van der Waals surface area contributed by atoms with Crippen molar-refractivity contribution in [3.63, 3.8) is 0 Å². The molecule has 4 aromatic carbocycles. The molecule has 0 amide bonds. The number of hydrogen-bond donors (Lipinski definition) is 1. The van der Waals surface area contributed by atoms with Gasteiger partial charge in [-0.3, -0.25) is 19.8 Å². The van der Waals surface area contributed by atoms with Crippen LogP contribution in [0.15, 0.2) is 83.4 Å². The number of hydrogen-bond acceptors (Lipinski definition) is 9. The van der Waals surface area contributed by atoms with Gasteiger partial charge in [-0.25, -0.2) is 0 Å². The van der Waals surface area contributed by atoms with Crippen LogP contribution in [-0.4, -0.2) is 57.5 Å². The lowest BCUT2D eigenvalue weighted by Crippen LogP contribution is -2.46. The number of carbonyl (C=O) groups excluding carboxylic acids is 1. The van der Waals surface area contributed by atoms with Crippen LogP contribution in [0.4, 0.5) is 11.4 Å². The molecule has 1 N–H and O–H groups in total. The summed E-state index contributed by atoms with van der Waals surface area (Å²) in [6, 6.07) is 23.9. The highest BCUT2D eigenvalue weighted by molar-refractivity contribution is 5.86. The van der Waals surface area contributed by atoms with Gasteiger partial charge in [0.25, 0.3) is 11.6 Å². The Morgan fingerprint density at radius 3 is 2.48 bits per heavy atom. The van der Waals surface area contributed by atoms with E-state index in [0.29, 0.717) is 56.1 Å². The Morgan fingerprint density at radius 2 is 1.70 bits per heavy atom. The molecule has 1 saturated heterocycles. The number of benzene rings is 4. The van der Waals surface area contributed by atoms with Crippen molar-refractivity contribution in [1.29, 1.82) is 0 Å². The van der Waals surface area contributed by atoms with Crippen molar-refractivity contribution in [2.24, 2.45) is 0 Å². The van der Waals surface area contributed by atoms with E-state index in [1.807, 2.05) is 47.4 Å². The quantitative estimate of drug-likeness (QED) is 0.168. The fourth-order valence-corrected chi connectivity index (χ4v) is 5.06. The van der Waals surface area contributed by atoms with Gasteiger partial charge < -0.3 is 14.5 Å². The maximum absolute atomic E-state index is 12.0. The lowest BCUT2D eigenvalue weighted by Gasteiger charge is -2.35. The number of carbonyl (C=O) groups is 1. The molecule has 0 bridgehead atoms. The van der Waals surface area contributed by atoms with Gasteiger partial charge in [0.15, 0.2) is 6.29 Å². The molecule has 1 aliphatic heterocycles. The number of aromatic nitrogens is 2. The van der Waals surface area contributed by atoms with Crippen molar-refractivity contribution in [3.05, 3.63) is 100 Å². The standard InChI is InChI=1S/C30H25N5O5/c36-19-25-15-20(5-10-28(25)37)18-33-11-13-34(14-12-33)26-9-8-24(17-27(26)35(38)39)30-31-29(32-40-30)23-7-6-21-3-1-2-4-22(21)16-23/h1-10,15-17,19,37H,11-14,18H2. The molecule has 40 heavy (non-hydrogen) atoms. The van der Waals surface area contributed by atoms with Crippen LogP contribution < -0.4 is 4.90 Å². The summed E-state index contributed by atoms with van der Waals surface area (Å²) in [5, 5.41) is 28.0. The van der Waals surface area contributed by atoms with E-state index in [9.17, 15) is 20.0 Å². The fraction of sp³-hybridized carbons (Fsp3) is 0.167. The summed E-state index contributed by atoms with van der Waals surface area (Å²) in [4.78, 5) is 31.5. The summed E-state index contributed by atoms with van der Waals surface area (Å²) in [6.45, 7) is 3.20. The van der Waals surface area contributed by atoms with Gasteiger partial charge in [0.2, 0.25) is 5.82 Å². The number of nitro benzene ring substituents is 1. The average molecular weight is 536 g/mol. The lowest BCUT2D eigenvalue weighted by atomic mass is 10.1. The fourth-order valence-electron chi connectivity index (χ4n) is 5.06. The van der Waals surface area contributed by atoms with Crippen LogP contribution in [0.3, 0.4) is 0 Å². The first-order valence-corrected chi connectivity index (χ1v) is 12.8. The number of aldehydes is 1. The van der Waals surface area contributed by atoms with Crippen molar-refractivity contribution in [1.82, 2.24) is 15.0 Å². The Hall–Kier alpha value is -5.09. The van der Waals surface area contributed by atoms with Crippen molar-refractivity contribution in [3.8, 4) is 28.6 Å². The molecule has 2 heterocycles. The van der Waals surface area contributed by atoms with Crippen LogP contribution in [0.2, 0.25) is 0 Å². The zero-order chi connectivity index (χ0) is 27.6. The summed E-state index contributed by atoms with van der Waals surface area (Å²) in [6.07, 6.45) is 0.637. The number of aromatic hydroxyl groups is 1. The van der Waals surface area contributed by atoms with E-state index in [1.165, 1.54) is 12.1 Å². The second kappa shape index (κ2) is 10.6. The van der Waals surface area contributed by atoms with Crippen LogP contribution in [-0.2, 0) is 6.54 Å². The summed E-state index contributed by atoms with van der Waals surface area (Å²) < 4.78 is 5.49. The lowest BCUT2D eigenvalue weighted by molar-refractivity contribution is -0.384. The Balaban J connectivity index is 1.18. The molecule has 1 fully saturated rings. The summed E-state index contributed by atoms with van der Waals surface area (Å²) in [5.74, 6) is 0.591. The molecule has 0 saturated carbocycles. The van der Waals surface area contributed by atoms with Gasteiger partial charge in [-0.15, -0.1) is 0 Å². The van der Waals surface area contributed by atoms with Crippen LogP contribution in [0.1, 0.15) is 15.9 Å². The molecule has 0 unspecified atom stereocenters. The number of phenolic OH excluding ortho intramolecular Hbond substituents is 1. The topological polar surface area (TPSA) is 126 Å². The molecular formula is C30H25N5O5. The highest BCUT2D eigenvalue weighted by Gasteiger charge is 2.25. The van der Waals surface area contributed by atoms with Gasteiger partial charge in [0, 0.05) is 49.9 Å². The molecule has 1 aromatic heterocycles. The second-order valence-electron chi connectivity index (χ2n) is 9.72. The van der Waals surface area contributed by atoms with E-state index >= 15 is 0 Å². The number of nitro groups is 1. The number of fused-ring (bicyclic) bond motifs is 1. The summed E-state index contributed by atoms with van der Waals surface area (Å²) in [5.41, 5.74) is 2.98. The van der Waals surface area contributed by atoms with Gasteiger partial charge in [-0.2, -0.15) is 4.98 Å². The molecule has 1 aliphatic rings. The number of anilines is 1. The van der Waals surface area contributed by atoms with E-state index in [4.69, 9.17) is 4.52 Å². The zero-order valence-electron chi connectivity index (χ0n) is 21.4. The predicted molar refractivity (Wildman–Crippen MR) is 150 cm³/mol. The number of rotatable bonds is 7. The number of nitrogens with zero attached hydrogens (tertiary/aromatic N) is 5. The third-order valence-electron chi connectivity index (χ3n) is 7.19. The van der Waals surface area contributed by atoms with Gasteiger partial charge in [-0.1, -0.05) is 47.6 Å². The average Bonchev–Trinajstić information content (AvgIpc) is 3.48. The minimum Gasteiger partial charge on any atom is -0.507 e. The van der Waals surface area contributed by atoms with E-state index in [-0.39, 0.29) is 27.8 Å². The van der Waals surface area contributed by atoms with Crippen molar-refractivity contribution < 1.29 is 19.3 Å². The third kappa shape index (κ3) is 4.99. The van der Waals surface area contributed by atoms with Gasteiger partial charge in [0.1, 0.15) is 11.4 Å². The Labute approximate surface area is 229 Å².